The van der Waals surface area contributed by atoms with Crippen molar-refractivity contribution in [3.8, 4) is 0 Å². The molecule has 1 aromatic rings. The third-order valence-corrected chi connectivity index (χ3v) is 2.87. The molecule has 5 heteroatoms. The molecule has 1 unspecified atom stereocenters. The molecule has 1 atom stereocenters. The van der Waals surface area contributed by atoms with E-state index in [0.29, 0.717) is 12.6 Å². The highest BCUT2D eigenvalue weighted by molar-refractivity contribution is 5.79. The Balaban J connectivity index is 2.15. The van der Waals surface area contributed by atoms with Gasteiger partial charge in [0.25, 0.3) is 0 Å². The Bertz CT molecular complexity index is 369. The van der Waals surface area contributed by atoms with Gasteiger partial charge in [-0.2, -0.15) is 0 Å². The van der Waals surface area contributed by atoms with Gasteiger partial charge in [-0.1, -0.05) is 0 Å². The number of aromatic nitrogens is 2. The molecular formula is C12H17N3O2. The smallest absolute Gasteiger partial charge is 0.328 e. The number of anilines is 1. The van der Waals surface area contributed by atoms with Crippen LogP contribution in [0.2, 0.25) is 0 Å². The zero-order valence-electron chi connectivity index (χ0n) is 10.0. The summed E-state index contributed by atoms with van der Waals surface area (Å²) in [5, 5.41) is 0. The standard InChI is InChI=1S/C12H17N3O2/c1-2-17-11(16)10-6-3-4-9-15(10)12-13-7-5-8-14-12/h5,7-8,10H,2-4,6,9H2,1H3. The van der Waals surface area contributed by atoms with Gasteiger partial charge in [-0.05, 0) is 32.3 Å². The summed E-state index contributed by atoms with van der Waals surface area (Å²) in [5.74, 6) is 0.449. The molecule has 0 amide bonds. The van der Waals surface area contributed by atoms with Crippen molar-refractivity contribution < 1.29 is 9.53 Å². The van der Waals surface area contributed by atoms with Crippen LogP contribution in [0.4, 0.5) is 5.95 Å². The van der Waals surface area contributed by atoms with E-state index >= 15 is 0 Å². The second-order valence-corrected chi connectivity index (χ2v) is 4.01. The fourth-order valence-corrected chi connectivity index (χ4v) is 2.09. The monoisotopic (exact) mass is 235 g/mol. The lowest BCUT2D eigenvalue weighted by molar-refractivity contribution is -0.145. The van der Waals surface area contributed by atoms with Gasteiger partial charge in [-0.15, -0.1) is 0 Å². The highest BCUT2D eigenvalue weighted by Gasteiger charge is 2.31. The zero-order chi connectivity index (χ0) is 12.1. The number of ether oxygens (including phenoxy) is 1. The molecule has 1 aliphatic heterocycles. The van der Waals surface area contributed by atoms with Crippen LogP contribution >= 0.6 is 0 Å². The van der Waals surface area contributed by atoms with Crippen LogP contribution < -0.4 is 4.90 Å². The van der Waals surface area contributed by atoms with Crippen molar-refractivity contribution in [3.63, 3.8) is 0 Å². The molecule has 0 spiro atoms. The van der Waals surface area contributed by atoms with Gasteiger partial charge in [-0.3, -0.25) is 0 Å². The van der Waals surface area contributed by atoms with Crippen LogP contribution in [0.3, 0.4) is 0 Å². The third kappa shape index (κ3) is 2.72. The minimum Gasteiger partial charge on any atom is -0.464 e. The van der Waals surface area contributed by atoms with Gasteiger partial charge in [0.1, 0.15) is 6.04 Å². The van der Waals surface area contributed by atoms with E-state index in [1.807, 2.05) is 11.8 Å². The van der Waals surface area contributed by atoms with Gasteiger partial charge >= 0.3 is 5.97 Å². The average Bonchev–Trinajstić information content (AvgIpc) is 2.40. The maximum atomic E-state index is 11.9. The first kappa shape index (κ1) is 11.8. The Kier molecular flexibility index (Phi) is 3.90. The van der Waals surface area contributed by atoms with Crippen LogP contribution in [0.15, 0.2) is 18.5 Å². The molecule has 0 aliphatic carbocycles. The summed E-state index contributed by atoms with van der Waals surface area (Å²) in [6.45, 7) is 3.05. The van der Waals surface area contributed by atoms with Crippen molar-refractivity contribution in [2.45, 2.75) is 32.2 Å². The topological polar surface area (TPSA) is 55.3 Å². The van der Waals surface area contributed by atoms with Crippen LogP contribution in [0.25, 0.3) is 0 Å². The van der Waals surface area contributed by atoms with Crippen LogP contribution in [0, 0.1) is 0 Å². The van der Waals surface area contributed by atoms with E-state index in [1.54, 1.807) is 18.5 Å². The molecule has 1 fully saturated rings. The molecule has 0 radical (unpaired) electrons. The normalized spacial score (nSPS) is 20.1. The Hall–Kier alpha value is -1.65. The lowest BCUT2D eigenvalue weighted by atomic mass is 10.0. The number of carbonyl (C=O) groups excluding carboxylic acids is 1. The van der Waals surface area contributed by atoms with Gasteiger partial charge < -0.3 is 9.64 Å². The molecule has 2 rings (SSSR count). The summed E-state index contributed by atoms with van der Waals surface area (Å²) in [6, 6.07) is 1.54. The van der Waals surface area contributed by atoms with Crippen molar-refractivity contribution in [3.05, 3.63) is 18.5 Å². The van der Waals surface area contributed by atoms with E-state index in [9.17, 15) is 4.79 Å². The SMILES string of the molecule is CCOC(=O)C1CCCCN1c1ncccn1. The summed E-state index contributed by atoms with van der Waals surface area (Å²) in [7, 11) is 0. The minimum absolute atomic E-state index is 0.167. The molecule has 0 bridgehead atoms. The Morgan fingerprint density at radius 1 is 1.47 bits per heavy atom. The number of nitrogens with zero attached hydrogens (tertiary/aromatic N) is 3. The summed E-state index contributed by atoms with van der Waals surface area (Å²) < 4.78 is 5.10. The molecule has 92 valence electrons. The van der Waals surface area contributed by atoms with Gasteiger partial charge in [-0.25, -0.2) is 14.8 Å². The molecular weight excluding hydrogens is 218 g/mol. The fourth-order valence-electron chi connectivity index (χ4n) is 2.09. The second kappa shape index (κ2) is 5.61. The van der Waals surface area contributed by atoms with Crippen LogP contribution in [-0.4, -0.2) is 35.1 Å². The van der Waals surface area contributed by atoms with Crippen molar-refractivity contribution >= 4 is 11.9 Å². The second-order valence-electron chi connectivity index (χ2n) is 4.01. The highest BCUT2D eigenvalue weighted by Crippen LogP contribution is 2.22. The molecule has 1 saturated heterocycles. The number of carbonyl (C=O) groups is 1. The lowest BCUT2D eigenvalue weighted by Gasteiger charge is -2.33. The minimum atomic E-state index is -0.230. The fraction of sp³-hybridized carbons (Fsp3) is 0.583. The summed E-state index contributed by atoms with van der Waals surface area (Å²) >= 11 is 0. The van der Waals surface area contributed by atoms with Crippen molar-refractivity contribution in [2.24, 2.45) is 0 Å². The number of hydrogen-bond acceptors (Lipinski definition) is 5. The highest BCUT2D eigenvalue weighted by atomic mass is 16.5. The van der Waals surface area contributed by atoms with E-state index in [2.05, 4.69) is 9.97 Å². The quantitative estimate of drug-likeness (QED) is 0.741. The number of hydrogen-bond donors (Lipinski definition) is 0. The van der Waals surface area contributed by atoms with Gasteiger partial charge in [0, 0.05) is 18.9 Å². The van der Waals surface area contributed by atoms with Crippen LogP contribution in [0.1, 0.15) is 26.2 Å². The van der Waals surface area contributed by atoms with Gasteiger partial charge in [0.15, 0.2) is 0 Å². The average molecular weight is 235 g/mol. The largest absolute Gasteiger partial charge is 0.464 e. The van der Waals surface area contributed by atoms with Crippen molar-refractivity contribution in [2.75, 3.05) is 18.1 Å². The molecule has 17 heavy (non-hydrogen) atoms. The number of rotatable bonds is 3. The molecule has 1 aromatic heterocycles. The molecule has 0 aromatic carbocycles. The first-order valence-electron chi connectivity index (χ1n) is 6.03. The van der Waals surface area contributed by atoms with Crippen molar-refractivity contribution in [1.29, 1.82) is 0 Å². The zero-order valence-corrected chi connectivity index (χ0v) is 10.0. The van der Waals surface area contributed by atoms with Crippen LogP contribution in [-0.2, 0) is 9.53 Å². The predicted molar refractivity (Wildman–Crippen MR) is 63.7 cm³/mol. The van der Waals surface area contributed by atoms with Crippen LogP contribution in [0.5, 0.6) is 0 Å². The van der Waals surface area contributed by atoms with Gasteiger partial charge in [0.05, 0.1) is 6.61 Å². The summed E-state index contributed by atoms with van der Waals surface area (Å²) in [6.07, 6.45) is 6.32. The first-order valence-corrected chi connectivity index (χ1v) is 6.03. The van der Waals surface area contributed by atoms with E-state index in [0.717, 1.165) is 25.8 Å². The molecule has 1 aliphatic rings. The van der Waals surface area contributed by atoms with E-state index in [4.69, 9.17) is 4.74 Å². The molecule has 0 N–H and O–H groups in total. The summed E-state index contributed by atoms with van der Waals surface area (Å²) in [4.78, 5) is 22.2. The molecule has 5 nitrogen and oxygen atoms in total. The number of esters is 1. The van der Waals surface area contributed by atoms with E-state index in [-0.39, 0.29) is 12.0 Å². The first-order chi connectivity index (χ1) is 8.33. The maximum Gasteiger partial charge on any atom is 0.328 e. The van der Waals surface area contributed by atoms with Crippen molar-refractivity contribution in [1.82, 2.24) is 9.97 Å². The Morgan fingerprint density at radius 3 is 2.94 bits per heavy atom. The summed E-state index contributed by atoms with van der Waals surface area (Å²) in [5.41, 5.74) is 0. The Morgan fingerprint density at radius 2 is 2.24 bits per heavy atom. The lowest BCUT2D eigenvalue weighted by Crippen LogP contribution is -2.46. The molecule has 2 heterocycles. The third-order valence-electron chi connectivity index (χ3n) is 2.87. The van der Waals surface area contributed by atoms with E-state index in [1.165, 1.54) is 0 Å². The van der Waals surface area contributed by atoms with Gasteiger partial charge in [0.2, 0.25) is 5.95 Å². The molecule has 0 saturated carbocycles. The number of piperidine rings is 1. The van der Waals surface area contributed by atoms with E-state index < -0.39 is 0 Å². The Labute approximate surface area is 101 Å². The predicted octanol–water partition coefficient (Wildman–Crippen LogP) is 1.40. The maximum absolute atomic E-state index is 11.9.